The largest absolute Gasteiger partial charge is 0.328 e. The Hall–Kier alpha value is -3.35. The lowest BCUT2D eigenvalue weighted by atomic mass is 10.1. The molecule has 3 aromatic rings. The zero-order chi connectivity index (χ0) is 18.1. The van der Waals surface area contributed by atoms with Crippen LogP contribution in [-0.4, -0.2) is 20.9 Å². The van der Waals surface area contributed by atoms with Gasteiger partial charge in [-0.3, -0.25) is 13.9 Å². The molecule has 0 aliphatic carbocycles. The van der Waals surface area contributed by atoms with Crippen molar-refractivity contribution in [2.24, 2.45) is 14.1 Å². The molecule has 0 atom stereocenters. The van der Waals surface area contributed by atoms with Crippen LogP contribution < -0.4 is 16.3 Å². The van der Waals surface area contributed by atoms with E-state index in [1.54, 1.807) is 61.1 Å². The number of carbonyl (C=O) groups excluding carboxylic acids is 2. The third kappa shape index (κ3) is 3.16. The molecule has 0 bridgehead atoms. The summed E-state index contributed by atoms with van der Waals surface area (Å²) in [6.07, 6.45) is 0. The minimum Gasteiger partial charge on any atom is -0.308 e. The number of anilines is 2. The number of rotatable bonds is 3. The summed E-state index contributed by atoms with van der Waals surface area (Å²) < 4.78 is 3.07. The van der Waals surface area contributed by atoms with Crippen molar-refractivity contribution in [1.29, 1.82) is 0 Å². The van der Waals surface area contributed by atoms with Gasteiger partial charge in [-0.2, -0.15) is 0 Å². The summed E-state index contributed by atoms with van der Waals surface area (Å²) in [6, 6.07) is 11.5. The Kier molecular flexibility index (Phi) is 4.14. The first-order valence-electron chi connectivity index (χ1n) is 7.71. The minimum absolute atomic E-state index is 0.0699. The van der Waals surface area contributed by atoms with E-state index in [4.69, 9.17) is 0 Å². The molecule has 7 nitrogen and oxygen atoms in total. The third-order valence-corrected chi connectivity index (χ3v) is 4.06. The van der Waals surface area contributed by atoms with Crippen molar-refractivity contribution in [2.45, 2.75) is 6.92 Å². The number of carbonyl (C=O) groups is 2. The van der Waals surface area contributed by atoms with Gasteiger partial charge in [-0.1, -0.05) is 12.1 Å². The number of benzene rings is 2. The van der Waals surface area contributed by atoms with Crippen LogP contribution in [0.3, 0.4) is 0 Å². The second-order valence-corrected chi connectivity index (χ2v) is 5.82. The van der Waals surface area contributed by atoms with Crippen LogP contribution in [0.2, 0.25) is 0 Å². The Morgan fingerprint density at radius 1 is 0.880 bits per heavy atom. The number of ketones is 1. The maximum atomic E-state index is 12.2. The molecule has 1 heterocycles. The van der Waals surface area contributed by atoms with E-state index in [2.05, 4.69) is 10.6 Å². The summed E-state index contributed by atoms with van der Waals surface area (Å²) in [6.45, 7) is 1.47. The molecule has 0 radical (unpaired) electrons. The lowest BCUT2D eigenvalue weighted by Gasteiger charge is -2.09. The van der Waals surface area contributed by atoms with E-state index in [9.17, 15) is 14.4 Å². The van der Waals surface area contributed by atoms with Crippen LogP contribution in [0.1, 0.15) is 17.3 Å². The van der Waals surface area contributed by atoms with Gasteiger partial charge in [0.05, 0.1) is 11.0 Å². The number of amides is 2. The van der Waals surface area contributed by atoms with E-state index < -0.39 is 6.03 Å². The lowest BCUT2D eigenvalue weighted by molar-refractivity contribution is 0.101. The molecule has 3 rings (SSSR count). The molecule has 2 amide bonds. The first kappa shape index (κ1) is 16.5. The molecule has 0 saturated carbocycles. The number of urea groups is 1. The van der Waals surface area contributed by atoms with Crippen LogP contribution in [0.5, 0.6) is 0 Å². The van der Waals surface area contributed by atoms with Crippen LogP contribution in [0, 0.1) is 0 Å². The van der Waals surface area contributed by atoms with Crippen LogP contribution >= 0.6 is 0 Å². The summed E-state index contributed by atoms with van der Waals surface area (Å²) in [5, 5.41) is 5.42. The van der Waals surface area contributed by atoms with Gasteiger partial charge in [0.1, 0.15) is 0 Å². The fraction of sp³-hybridized carbons (Fsp3) is 0.167. The second-order valence-electron chi connectivity index (χ2n) is 5.82. The van der Waals surface area contributed by atoms with E-state index in [0.29, 0.717) is 16.9 Å². The second kappa shape index (κ2) is 6.27. The van der Waals surface area contributed by atoms with Gasteiger partial charge in [0, 0.05) is 31.0 Å². The van der Waals surface area contributed by atoms with Crippen molar-refractivity contribution in [3.8, 4) is 0 Å². The van der Waals surface area contributed by atoms with Gasteiger partial charge >= 0.3 is 11.7 Å². The normalized spacial score (nSPS) is 10.7. The van der Waals surface area contributed by atoms with Gasteiger partial charge in [0.25, 0.3) is 0 Å². The number of aromatic nitrogens is 2. The average Bonchev–Trinajstić information content (AvgIpc) is 2.79. The molecule has 0 unspecified atom stereocenters. The minimum atomic E-state index is -0.430. The molecule has 0 spiro atoms. The Morgan fingerprint density at radius 2 is 1.52 bits per heavy atom. The predicted octanol–water partition coefficient (Wildman–Crippen LogP) is 2.72. The van der Waals surface area contributed by atoms with E-state index in [1.807, 2.05) is 0 Å². The highest BCUT2D eigenvalue weighted by atomic mass is 16.2. The topological polar surface area (TPSA) is 85.1 Å². The fourth-order valence-electron chi connectivity index (χ4n) is 2.69. The molecule has 25 heavy (non-hydrogen) atoms. The molecule has 2 aromatic carbocycles. The van der Waals surface area contributed by atoms with Crippen molar-refractivity contribution in [2.75, 3.05) is 10.6 Å². The maximum absolute atomic E-state index is 12.2. The van der Waals surface area contributed by atoms with Crippen LogP contribution in [0.4, 0.5) is 16.2 Å². The highest BCUT2D eigenvalue weighted by Gasteiger charge is 2.10. The average molecular weight is 338 g/mol. The fourth-order valence-corrected chi connectivity index (χ4v) is 2.69. The number of Topliss-reactive ketones (excluding diaryl/α,β-unsaturated/α-hetero) is 1. The number of imidazole rings is 1. The third-order valence-electron chi connectivity index (χ3n) is 4.06. The van der Waals surface area contributed by atoms with E-state index in [-0.39, 0.29) is 11.5 Å². The van der Waals surface area contributed by atoms with Crippen LogP contribution in [0.25, 0.3) is 11.0 Å². The zero-order valence-electron chi connectivity index (χ0n) is 14.2. The van der Waals surface area contributed by atoms with Crippen molar-refractivity contribution < 1.29 is 9.59 Å². The number of nitrogens with zero attached hydrogens (tertiary/aromatic N) is 2. The molecule has 0 fully saturated rings. The summed E-state index contributed by atoms with van der Waals surface area (Å²) >= 11 is 0. The first-order valence-corrected chi connectivity index (χ1v) is 7.71. The van der Waals surface area contributed by atoms with Crippen LogP contribution in [0.15, 0.2) is 47.3 Å². The van der Waals surface area contributed by atoms with Gasteiger partial charge < -0.3 is 10.6 Å². The van der Waals surface area contributed by atoms with Gasteiger partial charge in [-0.15, -0.1) is 0 Å². The van der Waals surface area contributed by atoms with Crippen molar-refractivity contribution >= 4 is 34.2 Å². The predicted molar refractivity (Wildman–Crippen MR) is 97.2 cm³/mol. The highest BCUT2D eigenvalue weighted by Crippen LogP contribution is 2.18. The van der Waals surface area contributed by atoms with Crippen molar-refractivity contribution in [1.82, 2.24) is 9.13 Å². The molecule has 128 valence electrons. The molecule has 7 heteroatoms. The molecule has 0 aliphatic rings. The first-order chi connectivity index (χ1) is 11.9. The highest BCUT2D eigenvalue weighted by molar-refractivity contribution is 6.02. The summed E-state index contributed by atoms with van der Waals surface area (Å²) in [7, 11) is 3.38. The summed E-state index contributed by atoms with van der Waals surface area (Å²) in [5.74, 6) is -0.0699. The Bertz CT molecular complexity index is 1050. The number of hydrogen-bond donors (Lipinski definition) is 2. The van der Waals surface area contributed by atoms with Gasteiger partial charge in [-0.25, -0.2) is 9.59 Å². The summed E-state index contributed by atoms with van der Waals surface area (Å²) in [4.78, 5) is 35.5. The Balaban J connectivity index is 1.80. The van der Waals surface area contributed by atoms with E-state index in [0.717, 1.165) is 11.0 Å². The standard InChI is InChI=1S/C18H18N4O3/c1-11(23)12-5-4-6-13(9-12)19-17(24)20-14-7-8-15-16(10-14)22(3)18(25)21(15)2/h4-10H,1-3H3,(H2,19,20,24). The lowest BCUT2D eigenvalue weighted by Crippen LogP contribution is -2.19. The SMILES string of the molecule is CC(=O)c1cccc(NC(=O)Nc2ccc3c(c2)n(C)c(=O)n3C)c1. The number of aryl methyl sites for hydroxylation is 2. The molecular weight excluding hydrogens is 320 g/mol. The molecule has 2 N–H and O–H groups in total. The monoisotopic (exact) mass is 338 g/mol. The Labute approximate surface area is 143 Å². The number of fused-ring (bicyclic) bond motifs is 1. The smallest absolute Gasteiger partial charge is 0.308 e. The van der Waals surface area contributed by atoms with Gasteiger partial charge in [0.2, 0.25) is 0 Å². The molecular formula is C18H18N4O3. The van der Waals surface area contributed by atoms with Crippen LogP contribution in [-0.2, 0) is 14.1 Å². The number of nitrogens with one attached hydrogen (secondary N) is 2. The van der Waals surface area contributed by atoms with E-state index in [1.165, 1.54) is 11.5 Å². The van der Waals surface area contributed by atoms with Gasteiger partial charge in [0.15, 0.2) is 5.78 Å². The number of hydrogen-bond acceptors (Lipinski definition) is 3. The maximum Gasteiger partial charge on any atom is 0.328 e. The molecule has 0 aliphatic heterocycles. The van der Waals surface area contributed by atoms with Crippen molar-refractivity contribution in [3.63, 3.8) is 0 Å². The van der Waals surface area contributed by atoms with E-state index >= 15 is 0 Å². The molecule has 1 aromatic heterocycles. The van der Waals surface area contributed by atoms with Crippen molar-refractivity contribution in [3.05, 3.63) is 58.5 Å². The Morgan fingerprint density at radius 3 is 2.20 bits per heavy atom. The zero-order valence-corrected chi connectivity index (χ0v) is 14.2. The van der Waals surface area contributed by atoms with Gasteiger partial charge in [-0.05, 0) is 37.3 Å². The summed E-state index contributed by atoms with van der Waals surface area (Å²) in [5.41, 5.74) is 3.00. The quantitative estimate of drug-likeness (QED) is 0.720. The molecule has 0 saturated heterocycles.